The average molecular weight is 494 g/mol. The highest BCUT2D eigenvalue weighted by Gasteiger charge is 2.36. The molecular weight excluding hydrogens is 458 g/mol. The smallest absolute Gasteiger partial charge is 0.255 e. The number of hydrogen-bond acceptors (Lipinski definition) is 6. The van der Waals surface area contributed by atoms with Crippen molar-refractivity contribution in [1.82, 2.24) is 15.1 Å². The summed E-state index contributed by atoms with van der Waals surface area (Å²) < 4.78 is 7.00. The number of aliphatic hydroxyl groups excluding tert-OH is 1. The van der Waals surface area contributed by atoms with Crippen LogP contribution >= 0.6 is 0 Å². The summed E-state index contributed by atoms with van der Waals surface area (Å²) in [5.41, 5.74) is 13.4. The maximum atomic E-state index is 12.7. The molecule has 1 saturated carbocycles. The number of benzene rings is 1. The van der Waals surface area contributed by atoms with Crippen molar-refractivity contribution in [3.63, 3.8) is 0 Å². The number of rotatable bonds is 8. The van der Waals surface area contributed by atoms with Crippen molar-refractivity contribution < 1.29 is 19.4 Å². The SMILES string of the molecule is COc1ccccc1C(=O)NCC(O)C1C=CC(c2nn(C3CCCC3)c(N)c2C(N)=O)=CC1(C)C. The van der Waals surface area contributed by atoms with E-state index >= 15 is 0 Å². The number of allylic oxidation sites excluding steroid dienone is 3. The number of ether oxygens (including phenoxy) is 1. The Labute approximate surface area is 211 Å². The monoisotopic (exact) mass is 493 g/mol. The molecule has 1 fully saturated rings. The normalized spacial score (nSPS) is 20.1. The van der Waals surface area contributed by atoms with Crippen LogP contribution in [0.5, 0.6) is 5.75 Å². The molecule has 1 aromatic carbocycles. The van der Waals surface area contributed by atoms with Gasteiger partial charge in [0, 0.05) is 12.5 Å². The highest BCUT2D eigenvalue weighted by Crippen LogP contribution is 2.41. The first-order valence-electron chi connectivity index (χ1n) is 12.3. The predicted molar refractivity (Wildman–Crippen MR) is 138 cm³/mol. The van der Waals surface area contributed by atoms with E-state index in [2.05, 4.69) is 5.32 Å². The van der Waals surface area contributed by atoms with E-state index in [-0.39, 0.29) is 30.0 Å². The molecule has 2 amide bonds. The van der Waals surface area contributed by atoms with Crippen molar-refractivity contribution >= 4 is 23.2 Å². The van der Waals surface area contributed by atoms with Crippen molar-refractivity contribution in [2.24, 2.45) is 17.1 Å². The molecule has 9 heteroatoms. The van der Waals surface area contributed by atoms with Gasteiger partial charge in [-0.2, -0.15) is 5.10 Å². The third kappa shape index (κ3) is 4.88. The second-order valence-electron chi connectivity index (χ2n) is 10.1. The number of nitrogens with two attached hydrogens (primary N) is 2. The lowest BCUT2D eigenvalue weighted by atomic mass is 9.71. The summed E-state index contributed by atoms with van der Waals surface area (Å²) >= 11 is 0. The molecule has 6 N–H and O–H groups in total. The fourth-order valence-electron chi connectivity index (χ4n) is 5.34. The van der Waals surface area contributed by atoms with Gasteiger partial charge in [0.05, 0.1) is 24.8 Å². The summed E-state index contributed by atoms with van der Waals surface area (Å²) in [6, 6.07) is 7.10. The van der Waals surface area contributed by atoms with Crippen LogP contribution in [-0.2, 0) is 0 Å². The summed E-state index contributed by atoms with van der Waals surface area (Å²) in [5.74, 6) is -0.445. The van der Waals surface area contributed by atoms with Crippen molar-refractivity contribution in [2.45, 2.75) is 51.7 Å². The van der Waals surface area contributed by atoms with Gasteiger partial charge in [0.2, 0.25) is 0 Å². The standard InChI is InChI=1S/C27H35N5O4/c1-27(2)14-16(23-22(25(29)34)24(28)32(31-23)17-8-4-5-9-17)12-13-19(27)20(33)15-30-26(35)18-10-6-7-11-21(18)36-3/h6-7,10-14,17,19-20,33H,4-5,8-9,15,28H2,1-3H3,(H2,29,34)(H,30,35). The first-order valence-corrected chi connectivity index (χ1v) is 12.3. The maximum Gasteiger partial charge on any atom is 0.255 e. The lowest BCUT2D eigenvalue weighted by Gasteiger charge is -2.36. The number of para-hydroxylation sites is 1. The molecule has 2 aromatic rings. The molecule has 2 aliphatic carbocycles. The number of aromatic nitrogens is 2. The number of anilines is 1. The van der Waals surface area contributed by atoms with E-state index in [4.69, 9.17) is 21.3 Å². The summed E-state index contributed by atoms with van der Waals surface area (Å²) in [6.45, 7) is 4.05. The molecule has 2 unspecified atom stereocenters. The fourth-order valence-corrected chi connectivity index (χ4v) is 5.34. The van der Waals surface area contributed by atoms with Gasteiger partial charge in [-0.15, -0.1) is 0 Å². The minimum absolute atomic E-state index is 0.0638. The van der Waals surface area contributed by atoms with Crippen LogP contribution in [0, 0.1) is 11.3 Å². The Morgan fingerprint density at radius 2 is 1.97 bits per heavy atom. The number of aliphatic hydroxyl groups is 1. The molecule has 2 aliphatic rings. The van der Waals surface area contributed by atoms with E-state index in [0.717, 1.165) is 31.3 Å². The number of carbonyl (C=O) groups excluding carboxylic acids is 2. The molecule has 1 aromatic heterocycles. The van der Waals surface area contributed by atoms with Gasteiger partial charge in [-0.3, -0.25) is 9.59 Å². The topological polar surface area (TPSA) is 145 Å². The zero-order chi connectivity index (χ0) is 26.0. The van der Waals surface area contributed by atoms with Gasteiger partial charge in [0.25, 0.3) is 11.8 Å². The van der Waals surface area contributed by atoms with E-state index in [9.17, 15) is 14.7 Å². The van der Waals surface area contributed by atoms with E-state index in [0.29, 0.717) is 22.8 Å². The molecule has 1 heterocycles. The third-order valence-electron chi connectivity index (χ3n) is 7.25. The highest BCUT2D eigenvalue weighted by atomic mass is 16.5. The van der Waals surface area contributed by atoms with Crippen molar-refractivity contribution in [2.75, 3.05) is 19.4 Å². The molecule has 36 heavy (non-hydrogen) atoms. The van der Waals surface area contributed by atoms with Crippen molar-refractivity contribution in [1.29, 1.82) is 0 Å². The average Bonchev–Trinajstić information content (AvgIpc) is 3.49. The van der Waals surface area contributed by atoms with Gasteiger partial charge in [-0.25, -0.2) is 4.68 Å². The number of nitrogens with one attached hydrogen (secondary N) is 1. The highest BCUT2D eigenvalue weighted by molar-refractivity contribution is 6.02. The van der Waals surface area contributed by atoms with Crippen molar-refractivity contribution in [3.8, 4) is 5.75 Å². The van der Waals surface area contributed by atoms with Crippen LogP contribution in [0.25, 0.3) is 5.57 Å². The lowest BCUT2D eigenvalue weighted by molar-refractivity contribution is 0.0723. The van der Waals surface area contributed by atoms with Gasteiger partial charge in [0.15, 0.2) is 0 Å². The van der Waals surface area contributed by atoms with Gasteiger partial charge < -0.3 is 26.6 Å². The van der Waals surface area contributed by atoms with Gasteiger partial charge in [-0.1, -0.05) is 57.0 Å². The van der Waals surface area contributed by atoms with Gasteiger partial charge >= 0.3 is 0 Å². The Bertz CT molecular complexity index is 1210. The van der Waals surface area contributed by atoms with Crippen LogP contribution in [0.1, 0.15) is 72.0 Å². The minimum atomic E-state index is -0.843. The molecule has 0 aliphatic heterocycles. The van der Waals surface area contributed by atoms with Crippen LogP contribution in [0.15, 0.2) is 42.5 Å². The molecule has 2 atom stereocenters. The minimum Gasteiger partial charge on any atom is -0.496 e. The summed E-state index contributed by atoms with van der Waals surface area (Å²) in [5, 5.41) is 18.5. The van der Waals surface area contributed by atoms with E-state index < -0.39 is 17.4 Å². The van der Waals surface area contributed by atoms with Crippen LogP contribution in [0.3, 0.4) is 0 Å². The molecule has 0 saturated heterocycles. The van der Waals surface area contributed by atoms with Crippen molar-refractivity contribution in [3.05, 3.63) is 59.3 Å². The molecule has 9 nitrogen and oxygen atoms in total. The number of methoxy groups -OCH3 is 1. The first-order chi connectivity index (χ1) is 17.1. The molecule has 0 bridgehead atoms. The maximum absolute atomic E-state index is 12.7. The molecule has 192 valence electrons. The summed E-state index contributed by atoms with van der Waals surface area (Å²) in [6.07, 6.45) is 9.03. The van der Waals surface area contributed by atoms with Crippen LogP contribution in [0.4, 0.5) is 5.82 Å². The lowest BCUT2D eigenvalue weighted by Crippen LogP contribution is -2.41. The van der Waals surface area contributed by atoms with Crippen LogP contribution in [-0.4, -0.2) is 46.5 Å². The van der Waals surface area contributed by atoms with Crippen LogP contribution in [0.2, 0.25) is 0 Å². The molecule has 4 rings (SSSR count). The zero-order valence-electron chi connectivity index (χ0n) is 21.0. The molecule has 0 radical (unpaired) electrons. The van der Waals surface area contributed by atoms with Gasteiger partial charge in [-0.05, 0) is 36.0 Å². The fraction of sp³-hybridized carbons (Fsp3) is 0.444. The van der Waals surface area contributed by atoms with E-state index in [1.807, 2.05) is 32.1 Å². The summed E-state index contributed by atoms with van der Waals surface area (Å²) in [7, 11) is 1.51. The van der Waals surface area contributed by atoms with Crippen LogP contribution < -0.4 is 21.5 Å². The van der Waals surface area contributed by atoms with E-state index in [1.165, 1.54) is 7.11 Å². The predicted octanol–water partition coefficient (Wildman–Crippen LogP) is 3.07. The Hall–Kier alpha value is -3.59. The molecular formula is C27H35N5O4. The number of nitrogen functional groups attached to an aromatic ring is 1. The Morgan fingerprint density at radius 3 is 2.61 bits per heavy atom. The number of primary amides is 1. The Balaban J connectivity index is 1.52. The Morgan fingerprint density at radius 1 is 1.28 bits per heavy atom. The largest absolute Gasteiger partial charge is 0.496 e. The van der Waals surface area contributed by atoms with E-state index in [1.54, 1.807) is 28.9 Å². The number of hydrogen-bond donors (Lipinski definition) is 4. The Kier molecular flexibility index (Phi) is 7.21. The molecule has 0 spiro atoms. The number of amides is 2. The zero-order valence-corrected chi connectivity index (χ0v) is 21.0. The first kappa shape index (κ1) is 25.5. The second-order valence-corrected chi connectivity index (χ2v) is 10.1. The summed E-state index contributed by atoms with van der Waals surface area (Å²) in [4.78, 5) is 25.0. The second kappa shape index (κ2) is 10.2. The number of carbonyl (C=O) groups is 2. The van der Waals surface area contributed by atoms with Gasteiger partial charge in [0.1, 0.15) is 22.8 Å². The number of nitrogens with zero attached hydrogens (tertiary/aromatic N) is 2. The quantitative estimate of drug-likeness (QED) is 0.445. The third-order valence-corrected chi connectivity index (χ3v) is 7.25.